The quantitative estimate of drug-likeness (QED) is 0.265. The first kappa shape index (κ1) is 25.9. The maximum absolute atomic E-state index is 14.2. The summed E-state index contributed by atoms with van der Waals surface area (Å²) in [5, 5.41) is 6.05. The molecule has 0 unspecified atom stereocenters. The third-order valence-corrected chi connectivity index (χ3v) is 7.00. The monoisotopic (exact) mass is 519 g/mol. The van der Waals surface area contributed by atoms with Gasteiger partial charge >= 0.3 is 12.1 Å². The molecule has 0 spiro atoms. The maximum atomic E-state index is 14.2. The fourth-order valence-corrected chi connectivity index (χ4v) is 5.33. The van der Waals surface area contributed by atoms with Crippen molar-refractivity contribution in [2.75, 3.05) is 6.61 Å². The molecule has 0 saturated heterocycles. The van der Waals surface area contributed by atoms with Crippen LogP contribution in [0.5, 0.6) is 0 Å². The zero-order valence-corrected chi connectivity index (χ0v) is 23.0. The van der Waals surface area contributed by atoms with Crippen LogP contribution in [0.15, 0.2) is 36.5 Å². The molecule has 38 heavy (non-hydrogen) atoms. The number of carbonyl (C=O) groups is 2. The second-order valence-electron chi connectivity index (χ2n) is 11.4. The highest BCUT2D eigenvalue weighted by Gasteiger charge is 2.48. The van der Waals surface area contributed by atoms with Crippen LogP contribution in [0.3, 0.4) is 0 Å². The Labute approximate surface area is 221 Å². The number of ether oxygens (including phenoxy) is 2. The number of hydrogen-bond donors (Lipinski definition) is 0. The predicted molar refractivity (Wildman–Crippen MR) is 144 cm³/mol. The van der Waals surface area contributed by atoms with E-state index >= 15 is 0 Å². The molecule has 0 radical (unpaired) electrons. The summed E-state index contributed by atoms with van der Waals surface area (Å²) in [7, 11) is 0. The Morgan fingerprint density at radius 2 is 1.89 bits per heavy atom. The highest BCUT2D eigenvalue weighted by molar-refractivity contribution is 6.02. The van der Waals surface area contributed by atoms with Gasteiger partial charge in [-0.2, -0.15) is 9.78 Å². The minimum Gasteiger partial charge on any atom is -0.466 e. The molecule has 8 heteroatoms. The van der Waals surface area contributed by atoms with E-state index in [4.69, 9.17) is 9.47 Å². The summed E-state index contributed by atoms with van der Waals surface area (Å²) >= 11 is 0. The van der Waals surface area contributed by atoms with Crippen LogP contribution in [0, 0.1) is 18.7 Å². The Bertz CT molecular complexity index is 1570. The lowest BCUT2D eigenvalue weighted by molar-refractivity contribution is -0.144. The molecule has 7 nitrogen and oxygen atoms in total. The molecule has 5 rings (SSSR count). The number of benzene rings is 2. The summed E-state index contributed by atoms with van der Waals surface area (Å²) in [6, 6.07) is 9.08. The number of carbonyl (C=O) groups excluding carboxylic acids is 2. The second kappa shape index (κ2) is 9.26. The van der Waals surface area contributed by atoms with Gasteiger partial charge in [-0.3, -0.25) is 4.79 Å². The third kappa shape index (κ3) is 4.46. The first-order valence-corrected chi connectivity index (χ1v) is 13.1. The number of rotatable bonds is 5. The first-order chi connectivity index (χ1) is 17.9. The van der Waals surface area contributed by atoms with Gasteiger partial charge in [0.2, 0.25) is 0 Å². The molecule has 2 heterocycles. The molecule has 2 aromatic heterocycles. The topological polar surface area (TPSA) is 75.4 Å². The van der Waals surface area contributed by atoms with Crippen molar-refractivity contribution < 1.29 is 23.5 Å². The minimum atomic E-state index is -0.667. The number of halogens is 1. The molecule has 0 amide bonds. The maximum Gasteiger partial charge on any atom is 0.435 e. The van der Waals surface area contributed by atoms with Gasteiger partial charge in [-0.25, -0.2) is 9.18 Å². The summed E-state index contributed by atoms with van der Waals surface area (Å²) in [5.74, 6) is -0.565. The zero-order valence-electron chi connectivity index (χ0n) is 23.0. The van der Waals surface area contributed by atoms with Crippen molar-refractivity contribution in [3.8, 4) is 5.69 Å². The van der Waals surface area contributed by atoms with Crippen molar-refractivity contribution in [3.05, 3.63) is 59.2 Å². The molecule has 1 saturated carbocycles. The Balaban J connectivity index is 1.78. The number of aryl methyl sites for hydroxylation is 1. The molecule has 0 N–H and O–H groups in total. The zero-order chi connectivity index (χ0) is 27.5. The molecule has 1 aliphatic carbocycles. The van der Waals surface area contributed by atoms with Crippen LogP contribution in [0.2, 0.25) is 0 Å². The summed E-state index contributed by atoms with van der Waals surface area (Å²) in [6.07, 6.45) is 1.80. The summed E-state index contributed by atoms with van der Waals surface area (Å²) in [5.41, 5.74) is 4.40. The smallest absolute Gasteiger partial charge is 0.435 e. The average Bonchev–Trinajstić information content (AvgIpc) is 3.39. The molecular weight excluding hydrogens is 485 g/mol. The van der Waals surface area contributed by atoms with E-state index in [-0.39, 0.29) is 29.5 Å². The van der Waals surface area contributed by atoms with E-state index in [1.54, 1.807) is 19.2 Å². The Hall–Kier alpha value is -3.68. The van der Waals surface area contributed by atoms with Gasteiger partial charge in [0.1, 0.15) is 11.4 Å². The highest BCUT2D eigenvalue weighted by atomic mass is 19.1. The van der Waals surface area contributed by atoms with Crippen LogP contribution in [-0.2, 0) is 14.3 Å². The van der Waals surface area contributed by atoms with E-state index in [0.717, 1.165) is 33.2 Å². The van der Waals surface area contributed by atoms with Crippen molar-refractivity contribution in [2.24, 2.45) is 5.92 Å². The van der Waals surface area contributed by atoms with Crippen LogP contribution in [0.4, 0.5) is 9.18 Å². The van der Waals surface area contributed by atoms with Crippen molar-refractivity contribution in [2.45, 2.75) is 72.3 Å². The van der Waals surface area contributed by atoms with Gasteiger partial charge in [-0.1, -0.05) is 13.8 Å². The van der Waals surface area contributed by atoms with E-state index in [1.807, 2.05) is 45.9 Å². The van der Waals surface area contributed by atoms with Crippen LogP contribution in [0.1, 0.15) is 76.6 Å². The molecular formula is C30H34FN3O4. The van der Waals surface area contributed by atoms with Crippen molar-refractivity contribution >= 4 is 33.9 Å². The Morgan fingerprint density at radius 3 is 2.53 bits per heavy atom. The number of nitrogens with zero attached hydrogens (tertiary/aromatic N) is 3. The second-order valence-corrected chi connectivity index (χ2v) is 11.4. The van der Waals surface area contributed by atoms with Gasteiger partial charge < -0.3 is 14.0 Å². The molecule has 2 aromatic carbocycles. The van der Waals surface area contributed by atoms with E-state index in [2.05, 4.69) is 23.5 Å². The Morgan fingerprint density at radius 1 is 1.16 bits per heavy atom. The average molecular weight is 520 g/mol. The van der Waals surface area contributed by atoms with Gasteiger partial charge in [0.25, 0.3) is 0 Å². The van der Waals surface area contributed by atoms with Gasteiger partial charge in [0.15, 0.2) is 0 Å². The van der Waals surface area contributed by atoms with E-state index in [9.17, 15) is 14.0 Å². The molecule has 0 bridgehead atoms. The molecule has 2 atom stereocenters. The van der Waals surface area contributed by atoms with Gasteiger partial charge in [0.05, 0.1) is 29.8 Å². The van der Waals surface area contributed by atoms with E-state index in [0.29, 0.717) is 24.1 Å². The number of hydrogen-bond acceptors (Lipinski definition) is 5. The van der Waals surface area contributed by atoms with Crippen molar-refractivity contribution in [1.82, 2.24) is 14.3 Å². The van der Waals surface area contributed by atoms with E-state index in [1.165, 1.54) is 10.7 Å². The van der Waals surface area contributed by atoms with Crippen molar-refractivity contribution in [1.29, 1.82) is 0 Å². The standard InChI is InChI=1S/C30H34FN3O4/c1-8-37-28(35)21-13-20(21)26-22-14-24-18(15-32-34(24)29(36)38-30(5,6)7)12-25(22)33(27(26)16(2)3)19-9-10-23(31)17(4)11-19/h9-12,14-16,20-21H,8,13H2,1-7H3/t20-,21-/m0/s1. The lowest BCUT2D eigenvalue weighted by atomic mass is 9.98. The summed E-state index contributed by atoms with van der Waals surface area (Å²) in [4.78, 5) is 25.6. The summed E-state index contributed by atoms with van der Waals surface area (Å²) < 4.78 is 28.6. The van der Waals surface area contributed by atoms with Crippen LogP contribution in [0.25, 0.3) is 27.5 Å². The normalized spacial score (nSPS) is 17.4. The lowest BCUT2D eigenvalue weighted by Gasteiger charge is -2.19. The molecule has 1 aliphatic rings. The lowest BCUT2D eigenvalue weighted by Crippen LogP contribution is -2.27. The van der Waals surface area contributed by atoms with E-state index < -0.39 is 11.7 Å². The predicted octanol–water partition coefficient (Wildman–Crippen LogP) is 7.00. The van der Waals surface area contributed by atoms with Crippen LogP contribution >= 0.6 is 0 Å². The number of aromatic nitrogens is 3. The highest BCUT2D eigenvalue weighted by Crippen LogP contribution is 2.54. The Kier molecular flexibility index (Phi) is 6.32. The number of esters is 1. The van der Waals surface area contributed by atoms with Gasteiger partial charge in [-0.15, -0.1) is 0 Å². The molecule has 4 aromatic rings. The number of fused-ring (bicyclic) bond motifs is 2. The van der Waals surface area contributed by atoms with Gasteiger partial charge in [-0.05, 0) is 88.4 Å². The first-order valence-electron chi connectivity index (χ1n) is 13.1. The fraction of sp³-hybridized carbons (Fsp3) is 0.433. The molecule has 0 aliphatic heterocycles. The SMILES string of the molecule is CCOC(=O)[C@H]1C[C@@H]1c1c(C(C)C)n(-c2ccc(F)c(C)c2)c2cc3cnn(C(=O)OC(C)(C)C)c3cc12. The fourth-order valence-electron chi connectivity index (χ4n) is 5.33. The minimum absolute atomic E-state index is 0.00732. The largest absolute Gasteiger partial charge is 0.466 e. The molecule has 200 valence electrons. The van der Waals surface area contributed by atoms with Gasteiger partial charge in [0, 0.05) is 28.1 Å². The van der Waals surface area contributed by atoms with Crippen LogP contribution in [-0.4, -0.2) is 38.6 Å². The van der Waals surface area contributed by atoms with Crippen LogP contribution < -0.4 is 0 Å². The summed E-state index contributed by atoms with van der Waals surface area (Å²) in [6.45, 7) is 13.6. The van der Waals surface area contributed by atoms with Crippen molar-refractivity contribution in [3.63, 3.8) is 0 Å². The third-order valence-electron chi connectivity index (χ3n) is 7.00. The molecule has 1 fully saturated rings.